The summed E-state index contributed by atoms with van der Waals surface area (Å²) in [7, 11) is -3.54. The highest BCUT2D eigenvalue weighted by atomic mass is 35.5. The van der Waals surface area contributed by atoms with Gasteiger partial charge in [0.05, 0.1) is 4.90 Å². The van der Waals surface area contributed by atoms with Crippen molar-refractivity contribution in [2.75, 3.05) is 18.4 Å². The maximum Gasteiger partial charge on any atom is 0.243 e. The topological polar surface area (TPSA) is 92.5 Å². The average Bonchev–Trinajstić information content (AvgIpc) is 2.78. The Morgan fingerprint density at radius 2 is 1.84 bits per heavy atom. The number of benzene rings is 1. The number of hydrogen-bond acceptors (Lipinski definition) is 4. The summed E-state index contributed by atoms with van der Waals surface area (Å²) in [4.78, 5) is 12.1. The van der Waals surface area contributed by atoms with Crippen molar-refractivity contribution in [3.63, 3.8) is 0 Å². The molecule has 8 heteroatoms. The van der Waals surface area contributed by atoms with Crippen LogP contribution in [-0.2, 0) is 14.8 Å². The Labute approximate surface area is 156 Å². The summed E-state index contributed by atoms with van der Waals surface area (Å²) in [5.74, 6) is -0.216. The molecule has 6 nitrogen and oxygen atoms in total. The predicted octanol–water partition coefficient (Wildman–Crippen LogP) is 2.66. The zero-order chi connectivity index (χ0) is 17.7. The van der Waals surface area contributed by atoms with Crippen molar-refractivity contribution < 1.29 is 13.2 Å². The number of hydrogen-bond donors (Lipinski definition) is 2. The summed E-state index contributed by atoms with van der Waals surface area (Å²) in [6.45, 7) is 4.65. The Morgan fingerprint density at radius 1 is 1.24 bits per heavy atom. The second-order valence-corrected chi connectivity index (χ2v) is 8.43. The van der Waals surface area contributed by atoms with Crippen LogP contribution in [0, 0.1) is 6.92 Å². The number of carbonyl (C=O) groups is 1. The zero-order valence-corrected chi connectivity index (χ0v) is 16.5. The molecule has 0 spiro atoms. The molecule has 1 aliphatic rings. The third-order valence-corrected chi connectivity index (χ3v) is 6.20. The molecule has 0 aromatic heterocycles. The fourth-order valence-electron chi connectivity index (χ4n) is 2.88. The molecule has 1 aliphatic heterocycles. The summed E-state index contributed by atoms with van der Waals surface area (Å²) in [6, 6.07) is 4.76. The van der Waals surface area contributed by atoms with Gasteiger partial charge in [-0.3, -0.25) is 4.79 Å². The van der Waals surface area contributed by atoms with Crippen molar-refractivity contribution in [1.82, 2.24) is 4.31 Å². The molecular formula is C17H28ClN3O3S. The van der Waals surface area contributed by atoms with Gasteiger partial charge in [0.25, 0.3) is 0 Å². The lowest BCUT2D eigenvalue weighted by Crippen LogP contribution is -2.32. The minimum atomic E-state index is -3.54. The molecule has 1 amide bonds. The average molecular weight is 390 g/mol. The minimum absolute atomic E-state index is 0. The summed E-state index contributed by atoms with van der Waals surface area (Å²) < 4.78 is 27.5. The summed E-state index contributed by atoms with van der Waals surface area (Å²) >= 11 is 0. The van der Waals surface area contributed by atoms with Gasteiger partial charge in [0.1, 0.15) is 0 Å². The van der Waals surface area contributed by atoms with Gasteiger partial charge in [0.2, 0.25) is 15.9 Å². The second-order valence-electron chi connectivity index (χ2n) is 6.53. The molecule has 1 unspecified atom stereocenters. The smallest absolute Gasteiger partial charge is 0.243 e. The molecule has 1 fully saturated rings. The van der Waals surface area contributed by atoms with Gasteiger partial charge in [-0.1, -0.05) is 18.9 Å². The molecule has 0 bridgehead atoms. The lowest BCUT2D eigenvalue weighted by atomic mass is 10.2. The van der Waals surface area contributed by atoms with Crippen molar-refractivity contribution in [2.24, 2.45) is 5.73 Å². The normalized spacial score (nSPS) is 17.2. The third-order valence-electron chi connectivity index (χ3n) is 4.16. The van der Waals surface area contributed by atoms with E-state index in [0.29, 0.717) is 24.3 Å². The number of nitrogens with zero attached hydrogens (tertiary/aromatic N) is 1. The Bertz CT molecular complexity index is 684. The van der Waals surface area contributed by atoms with Gasteiger partial charge in [0, 0.05) is 31.2 Å². The highest BCUT2D eigenvalue weighted by Crippen LogP contribution is 2.25. The van der Waals surface area contributed by atoms with E-state index in [2.05, 4.69) is 5.32 Å². The number of halogens is 1. The molecule has 1 heterocycles. The van der Waals surface area contributed by atoms with Crippen LogP contribution in [0.15, 0.2) is 23.1 Å². The van der Waals surface area contributed by atoms with E-state index in [1.165, 1.54) is 0 Å². The van der Waals surface area contributed by atoms with Crippen LogP contribution >= 0.6 is 12.4 Å². The van der Waals surface area contributed by atoms with E-state index in [-0.39, 0.29) is 35.7 Å². The first-order valence-electron chi connectivity index (χ1n) is 8.47. The van der Waals surface area contributed by atoms with Crippen LogP contribution in [-0.4, -0.2) is 37.8 Å². The fourth-order valence-corrected chi connectivity index (χ4v) is 4.65. The summed E-state index contributed by atoms with van der Waals surface area (Å²) in [5.41, 5.74) is 6.79. The highest BCUT2D eigenvalue weighted by Gasteiger charge is 2.27. The van der Waals surface area contributed by atoms with Crippen molar-refractivity contribution >= 4 is 34.0 Å². The van der Waals surface area contributed by atoms with E-state index in [1.807, 2.05) is 0 Å². The van der Waals surface area contributed by atoms with E-state index in [4.69, 9.17) is 5.73 Å². The van der Waals surface area contributed by atoms with Crippen molar-refractivity contribution in [3.8, 4) is 0 Å². The minimum Gasteiger partial charge on any atom is -0.327 e. The third kappa shape index (κ3) is 5.95. The maximum atomic E-state index is 13.0. The first-order valence-corrected chi connectivity index (χ1v) is 9.91. The zero-order valence-electron chi connectivity index (χ0n) is 14.8. The van der Waals surface area contributed by atoms with E-state index >= 15 is 0 Å². The number of rotatable bonds is 5. The van der Waals surface area contributed by atoms with Crippen LogP contribution < -0.4 is 11.1 Å². The monoisotopic (exact) mass is 389 g/mol. The van der Waals surface area contributed by atoms with Gasteiger partial charge in [-0.25, -0.2) is 8.42 Å². The molecule has 25 heavy (non-hydrogen) atoms. The Hall–Kier alpha value is -1.15. The van der Waals surface area contributed by atoms with Gasteiger partial charge in [-0.15, -0.1) is 12.4 Å². The molecule has 2 rings (SSSR count). The van der Waals surface area contributed by atoms with Gasteiger partial charge >= 0.3 is 0 Å². The number of nitrogens with two attached hydrogens (primary N) is 1. The molecule has 3 N–H and O–H groups in total. The molecule has 1 atom stereocenters. The number of aryl methyl sites for hydroxylation is 1. The lowest BCUT2D eigenvalue weighted by molar-refractivity contribution is -0.116. The molecule has 1 aromatic rings. The van der Waals surface area contributed by atoms with E-state index in [9.17, 15) is 13.2 Å². The number of nitrogens with one attached hydrogen (secondary N) is 1. The standard InChI is InChI=1S/C17H27N3O3S.ClH/c1-13-7-8-15(19-17(21)11-14(2)18)12-16(13)24(22,23)20-9-5-3-4-6-10-20;/h7-8,12,14H,3-6,9-11,18H2,1-2H3,(H,19,21);1H. The molecule has 1 saturated heterocycles. The van der Waals surface area contributed by atoms with Crippen LogP contribution in [0.4, 0.5) is 5.69 Å². The van der Waals surface area contributed by atoms with Gasteiger partial charge in [-0.05, 0) is 44.4 Å². The molecule has 0 saturated carbocycles. The van der Waals surface area contributed by atoms with Gasteiger partial charge in [-0.2, -0.15) is 4.31 Å². The Kier molecular flexibility index (Phi) is 8.34. The van der Waals surface area contributed by atoms with Crippen LogP contribution in [0.25, 0.3) is 0 Å². The van der Waals surface area contributed by atoms with E-state index < -0.39 is 10.0 Å². The van der Waals surface area contributed by atoms with Crippen molar-refractivity contribution in [2.45, 2.75) is 56.9 Å². The molecule has 0 aliphatic carbocycles. The van der Waals surface area contributed by atoms with Gasteiger partial charge < -0.3 is 11.1 Å². The Morgan fingerprint density at radius 3 is 2.40 bits per heavy atom. The highest BCUT2D eigenvalue weighted by molar-refractivity contribution is 7.89. The quantitative estimate of drug-likeness (QED) is 0.809. The summed E-state index contributed by atoms with van der Waals surface area (Å²) in [6.07, 6.45) is 4.12. The van der Waals surface area contributed by atoms with Crippen LogP contribution in [0.5, 0.6) is 0 Å². The molecule has 0 radical (unpaired) electrons. The van der Waals surface area contributed by atoms with Crippen LogP contribution in [0.3, 0.4) is 0 Å². The fraction of sp³-hybridized carbons (Fsp3) is 0.588. The van der Waals surface area contributed by atoms with E-state index in [0.717, 1.165) is 25.7 Å². The van der Waals surface area contributed by atoms with Gasteiger partial charge in [0.15, 0.2) is 0 Å². The SMILES string of the molecule is Cc1ccc(NC(=O)CC(C)N)cc1S(=O)(=O)N1CCCCCC1.Cl. The number of amides is 1. The lowest BCUT2D eigenvalue weighted by Gasteiger charge is -2.21. The van der Waals surface area contributed by atoms with Crippen molar-refractivity contribution in [1.29, 1.82) is 0 Å². The molecular weight excluding hydrogens is 362 g/mol. The number of anilines is 1. The number of sulfonamides is 1. The maximum absolute atomic E-state index is 13.0. The van der Waals surface area contributed by atoms with Crippen molar-refractivity contribution in [3.05, 3.63) is 23.8 Å². The first kappa shape index (κ1) is 21.9. The van der Waals surface area contributed by atoms with Crippen LogP contribution in [0.1, 0.15) is 44.6 Å². The molecule has 1 aromatic carbocycles. The Balaban J connectivity index is 0.00000312. The summed E-state index contributed by atoms with van der Waals surface area (Å²) in [5, 5.41) is 2.73. The van der Waals surface area contributed by atoms with E-state index in [1.54, 1.807) is 36.4 Å². The predicted molar refractivity (Wildman–Crippen MR) is 103 cm³/mol. The number of carbonyl (C=O) groups excluding carboxylic acids is 1. The molecule has 142 valence electrons. The largest absolute Gasteiger partial charge is 0.327 e. The van der Waals surface area contributed by atoms with Crippen LogP contribution in [0.2, 0.25) is 0 Å². The first-order chi connectivity index (χ1) is 11.3. The second kappa shape index (κ2) is 9.52.